The number of aliphatic carboxylic acids is 1. The lowest BCUT2D eigenvalue weighted by atomic mass is 10.3. The summed E-state index contributed by atoms with van der Waals surface area (Å²) in [4.78, 5) is 9.73. The fraction of sp³-hybridized carbons (Fsp3) is 0.800. The highest BCUT2D eigenvalue weighted by atomic mass is 16.4. The summed E-state index contributed by atoms with van der Waals surface area (Å²) in [5.74, 6) is -1.05. The minimum atomic E-state index is -1.05. The second-order valence-corrected chi connectivity index (χ2v) is 1.18. The second-order valence-electron chi connectivity index (χ2n) is 1.18. The predicted molar refractivity (Wildman–Crippen MR) is 38.1 cm³/mol. The Morgan fingerprint density at radius 1 is 1.56 bits per heavy atom. The molecule has 0 aromatic heterocycles. The van der Waals surface area contributed by atoms with E-state index in [-0.39, 0.29) is 21.4 Å². The summed E-state index contributed by atoms with van der Waals surface area (Å²) in [5.41, 5.74) is 9.76. The molecule has 0 aliphatic heterocycles. The molecule has 58 valence electrons. The zero-order valence-electron chi connectivity index (χ0n) is 3.79. The van der Waals surface area contributed by atoms with E-state index in [1.807, 2.05) is 0 Å². The van der Waals surface area contributed by atoms with Crippen molar-refractivity contribution in [1.82, 2.24) is 0 Å². The van der Waals surface area contributed by atoms with Gasteiger partial charge in [-0.2, -0.15) is 0 Å². The third-order valence-electron chi connectivity index (χ3n) is 0.571. The van der Waals surface area contributed by atoms with Crippen LogP contribution in [0, 0.1) is 0 Å². The molecule has 0 aliphatic carbocycles. The normalized spacial score (nSPS) is 10.4. The van der Waals surface area contributed by atoms with Crippen LogP contribution in [0.3, 0.4) is 0 Å². The van der Waals surface area contributed by atoms with Crippen molar-refractivity contribution in [1.29, 1.82) is 0 Å². The Labute approximate surface area is 55.8 Å². The van der Waals surface area contributed by atoms with Crippen LogP contribution in [-0.2, 0) is 4.79 Å². The van der Waals surface area contributed by atoms with Gasteiger partial charge in [-0.3, -0.25) is 4.79 Å². The van der Waals surface area contributed by atoms with Gasteiger partial charge in [-0.05, 0) is 0 Å². The van der Waals surface area contributed by atoms with E-state index in [9.17, 15) is 4.79 Å². The number of hydrogen-bond acceptors (Lipinski definition) is 3. The van der Waals surface area contributed by atoms with E-state index < -0.39 is 12.0 Å². The minimum Gasteiger partial charge on any atom is -0.480 e. The number of carboxylic acid groups (broad SMARTS) is 1. The molecule has 0 aliphatic rings. The molecule has 0 rings (SSSR count). The predicted octanol–water partition coefficient (Wildman–Crippen LogP) is -0.371. The fourth-order valence-electron chi connectivity index (χ4n) is 0.101. The van der Waals surface area contributed by atoms with Crippen LogP contribution in [0.2, 0.25) is 0 Å². The van der Waals surface area contributed by atoms with Crippen LogP contribution in [0.5, 0.6) is 0 Å². The van der Waals surface area contributed by atoms with Gasteiger partial charge in [-0.25, -0.2) is 0 Å². The van der Waals surface area contributed by atoms with Crippen LogP contribution < -0.4 is 11.5 Å². The average molecular weight is 136 g/mol. The van der Waals surface area contributed by atoms with Crippen molar-refractivity contribution in [3.05, 3.63) is 0 Å². The molecule has 0 radical (unpaired) electrons. The zero-order valence-corrected chi connectivity index (χ0v) is 3.79. The van der Waals surface area contributed by atoms with E-state index in [0.717, 1.165) is 0 Å². The lowest BCUT2D eigenvalue weighted by Crippen LogP contribution is -2.37. The zero-order chi connectivity index (χ0) is 5.86. The van der Waals surface area contributed by atoms with Gasteiger partial charge in [-0.1, -0.05) is 14.9 Å². The molecule has 0 saturated heterocycles. The first kappa shape index (κ1) is 15.8. The molecule has 1 unspecified atom stereocenters. The molecular weight excluding hydrogens is 120 g/mol. The molecule has 0 fully saturated rings. The second kappa shape index (κ2) is 7.39. The van der Waals surface area contributed by atoms with Crippen LogP contribution in [0.4, 0.5) is 0 Å². The van der Waals surface area contributed by atoms with Gasteiger partial charge in [0.15, 0.2) is 0 Å². The Morgan fingerprint density at radius 3 is 1.89 bits per heavy atom. The number of hydrogen-bond donors (Lipinski definition) is 3. The van der Waals surface area contributed by atoms with Crippen LogP contribution in [0.1, 0.15) is 14.9 Å². The van der Waals surface area contributed by atoms with E-state index in [1.165, 1.54) is 0 Å². The summed E-state index contributed by atoms with van der Waals surface area (Å²) in [5, 5.41) is 7.98. The maximum absolute atomic E-state index is 9.73. The molecule has 0 heterocycles. The van der Waals surface area contributed by atoms with Crippen molar-refractivity contribution >= 4 is 5.97 Å². The number of rotatable bonds is 2. The number of carboxylic acids is 1. The van der Waals surface area contributed by atoms with Crippen LogP contribution in [0.25, 0.3) is 0 Å². The molecule has 1 atom stereocenters. The average Bonchev–Trinajstić information content (AvgIpc) is 1.65. The summed E-state index contributed by atoms with van der Waals surface area (Å²) in [7, 11) is 0. The fourth-order valence-corrected chi connectivity index (χ4v) is 0.101. The van der Waals surface area contributed by atoms with Crippen LogP contribution in [-0.4, -0.2) is 23.7 Å². The Balaban J connectivity index is -0.000000180. The smallest absolute Gasteiger partial charge is 0.321 e. The maximum Gasteiger partial charge on any atom is 0.321 e. The highest BCUT2D eigenvalue weighted by Crippen LogP contribution is 1.68. The van der Waals surface area contributed by atoms with Gasteiger partial charge in [0, 0.05) is 6.54 Å². The first-order chi connectivity index (χ1) is 3.18. The number of carbonyl (C=O) groups is 1. The van der Waals surface area contributed by atoms with Gasteiger partial charge in [-0.15, -0.1) is 0 Å². The quantitative estimate of drug-likeness (QED) is 0.483. The van der Waals surface area contributed by atoms with E-state index in [4.69, 9.17) is 16.6 Å². The summed E-state index contributed by atoms with van der Waals surface area (Å²) in [6, 6.07) is -0.903. The molecule has 0 aromatic rings. The third-order valence-corrected chi connectivity index (χ3v) is 0.571. The van der Waals surface area contributed by atoms with E-state index in [0.29, 0.717) is 0 Å². The van der Waals surface area contributed by atoms with Crippen molar-refractivity contribution in [2.24, 2.45) is 11.5 Å². The van der Waals surface area contributed by atoms with Crippen molar-refractivity contribution in [2.75, 3.05) is 6.54 Å². The topological polar surface area (TPSA) is 89.3 Å². The molecular formula is C5H16N2O2. The van der Waals surface area contributed by atoms with Gasteiger partial charge >= 0.3 is 5.97 Å². The first-order valence-electron chi connectivity index (χ1n) is 1.87. The van der Waals surface area contributed by atoms with Crippen molar-refractivity contribution in [2.45, 2.75) is 20.9 Å². The van der Waals surface area contributed by atoms with Crippen molar-refractivity contribution in [3.63, 3.8) is 0 Å². The molecule has 0 spiro atoms. The Kier molecular flexibility index (Phi) is 13.0. The van der Waals surface area contributed by atoms with E-state index in [1.54, 1.807) is 0 Å². The lowest BCUT2D eigenvalue weighted by molar-refractivity contribution is -0.138. The molecule has 9 heavy (non-hydrogen) atoms. The molecule has 4 heteroatoms. The molecule has 4 nitrogen and oxygen atoms in total. The van der Waals surface area contributed by atoms with Gasteiger partial charge in [0.05, 0.1) is 0 Å². The van der Waals surface area contributed by atoms with E-state index >= 15 is 0 Å². The summed E-state index contributed by atoms with van der Waals surface area (Å²) in [6.07, 6.45) is 0. The molecule has 0 bridgehead atoms. The summed E-state index contributed by atoms with van der Waals surface area (Å²) >= 11 is 0. The van der Waals surface area contributed by atoms with Gasteiger partial charge < -0.3 is 16.6 Å². The lowest BCUT2D eigenvalue weighted by Gasteiger charge is -1.97. The van der Waals surface area contributed by atoms with Gasteiger partial charge in [0.25, 0.3) is 0 Å². The van der Waals surface area contributed by atoms with Gasteiger partial charge in [0.1, 0.15) is 6.04 Å². The summed E-state index contributed by atoms with van der Waals surface area (Å²) < 4.78 is 0. The molecule has 5 N–H and O–H groups in total. The van der Waals surface area contributed by atoms with Gasteiger partial charge in [0.2, 0.25) is 0 Å². The molecule has 0 saturated carbocycles. The molecule has 0 amide bonds. The largest absolute Gasteiger partial charge is 0.480 e. The minimum absolute atomic E-state index is 0. The van der Waals surface area contributed by atoms with E-state index in [2.05, 4.69) is 0 Å². The molecule has 0 aromatic carbocycles. The Bertz CT molecular complexity index is 75.4. The standard InChI is InChI=1S/C3H8N2O2.2CH4/c4-1-2(5)3(6)7;;/h2H,1,4-5H2,(H,6,7);2*1H4. The monoisotopic (exact) mass is 136 g/mol. The van der Waals surface area contributed by atoms with Crippen LogP contribution >= 0.6 is 0 Å². The van der Waals surface area contributed by atoms with Crippen molar-refractivity contribution < 1.29 is 9.90 Å². The highest BCUT2D eigenvalue weighted by molar-refractivity contribution is 5.73. The Morgan fingerprint density at radius 2 is 1.89 bits per heavy atom. The third kappa shape index (κ3) is 7.39. The first-order valence-corrected chi connectivity index (χ1v) is 1.87. The Hall–Kier alpha value is -0.610. The SMILES string of the molecule is C.C.NCC(N)C(=O)O. The summed E-state index contributed by atoms with van der Waals surface area (Å²) in [6.45, 7) is -0.00463. The number of nitrogens with two attached hydrogens (primary N) is 2. The van der Waals surface area contributed by atoms with Crippen LogP contribution in [0.15, 0.2) is 0 Å². The van der Waals surface area contributed by atoms with Crippen molar-refractivity contribution in [3.8, 4) is 0 Å². The maximum atomic E-state index is 9.73. The highest BCUT2D eigenvalue weighted by Gasteiger charge is 2.05.